The highest BCUT2D eigenvalue weighted by Gasteiger charge is 2.24. The van der Waals surface area contributed by atoms with Crippen molar-refractivity contribution in [3.8, 4) is 17.1 Å². The first kappa shape index (κ1) is 24.7. The first-order valence-electron chi connectivity index (χ1n) is 10.1. The smallest absolute Gasteiger partial charge is 0.329 e. The average Bonchev–Trinajstić information content (AvgIpc) is 3.34. The van der Waals surface area contributed by atoms with Gasteiger partial charge in [-0.1, -0.05) is 23.4 Å². The number of non-ortho nitro benzene ring substituents is 1. The molecule has 12 heteroatoms. The van der Waals surface area contributed by atoms with Gasteiger partial charge < -0.3 is 19.3 Å². The van der Waals surface area contributed by atoms with Gasteiger partial charge in [-0.05, 0) is 36.6 Å². The Kier molecular flexibility index (Phi) is 8.57. The van der Waals surface area contributed by atoms with Crippen molar-refractivity contribution in [3.05, 3.63) is 70.1 Å². The summed E-state index contributed by atoms with van der Waals surface area (Å²) in [5.74, 6) is 0.295. The molecule has 0 aliphatic heterocycles. The summed E-state index contributed by atoms with van der Waals surface area (Å²) in [7, 11) is 1.55. The molecule has 2 aromatic carbocycles. The Morgan fingerprint density at radius 1 is 1.24 bits per heavy atom. The van der Waals surface area contributed by atoms with Crippen LogP contribution in [0.1, 0.15) is 22.7 Å². The Morgan fingerprint density at radius 3 is 2.76 bits per heavy atom. The number of benzene rings is 2. The molecule has 1 N–H and O–H groups in total. The van der Waals surface area contributed by atoms with Crippen LogP contribution in [0, 0.1) is 10.1 Å². The maximum absolute atomic E-state index is 12.7. The maximum atomic E-state index is 12.7. The normalized spacial score (nSPS) is 11.5. The van der Waals surface area contributed by atoms with Gasteiger partial charge in [-0.15, -0.1) is 0 Å². The number of carbonyl (C=O) groups is 2. The van der Waals surface area contributed by atoms with Gasteiger partial charge in [0.25, 0.3) is 17.5 Å². The largest absolute Gasteiger partial charge is 0.497 e. The number of carbonyl (C=O) groups excluding carboxylic acids is 2. The van der Waals surface area contributed by atoms with E-state index in [0.29, 0.717) is 29.3 Å². The maximum Gasteiger partial charge on any atom is 0.329 e. The Morgan fingerprint density at radius 2 is 2.03 bits per heavy atom. The van der Waals surface area contributed by atoms with E-state index in [1.807, 2.05) is 6.26 Å². The second-order valence-corrected chi connectivity index (χ2v) is 7.95. The second kappa shape index (κ2) is 11.8. The van der Waals surface area contributed by atoms with Gasteiger partial charge in [0.05, 0.1) is 12.0 Å². The van der Waals surface area contributed by atoms with Crippen LogP contribution in [0.25, 0.3) is 11.4 Å². The highest BCUT2D eigenvalue weighted by molar-refractivity contribution is 7.98. The van der Waals surface area contributed by atoms with Crippen LogP contribution >= 0.6 is 11.8 Å². The highest BCUT2D eigenvalue weighted by atomic mass is 32.2. The molecule has 3 aromatic rings. The fourth-order valence-corrected chi connectivity index (χ4v) is 3.38. The number of esters is 1. The number of nitrogens with zero attached hydrogens (tertiary/aromatic N) is 3. The van der Waals surface area contributed by atoms with Crippen LogP contribution in [0.2, 0.25) is 0 Å². The van der Waals surface area contributed by atoms with Crippen LogP contribution in [0.4, 0.5) is 5.69 Å². The van der Waals surface area contributed by atoms with Gasteiger partial charge in [0.15, 0.2) is 6.61 Å². The zero-order valence-electron chi connectivity index (χ0n) is 18.4. The van der Waals surface area contributed by atoms with E-state index in [9.17, 15) is 19.7 Å². The molecule has 0 bridgehead atoms. The van der Waals surface area contributed by atoms with Gasteiger partial charge in [-0.25, -0.2) is 4.79 Å². The van der Waals surface area contributed by atoms with Crippen molar-refractivity contribution in [2.45, 2.75) is 19.1 Å². The number of hydrogen-bond acceptors (Lipinski definition) is 10. The zero-order chi connectivity index (χ0) is 24.5. The molecule has 11 nitrogen and oxygen atoms in total. The molecule has 34 heavy (non-hydrogen) atoms. The lowest BCUT2D eigenvalue weighted by molar-refractivity contribution is -0.384. The predicted molar refractivity (Wildman–Crippen MR) is 123 cm³/mol. The zero-order valence-corrected chi connectivity index (χ0v) is 19.2. The minimum Gasteiger partial charge on any atom is -0.497 e. The molecule has 178 valence electrons. The third-order valence-electron chi connectivity index (χ3n) is 4.65. The van der Waals surface area contributed by atoms with Gasteiger partial charge in [-0.3, -0.25) is 14.9 Å². The third-order valence-corrected chi connectivity index (χ3v) is 5.30. The van der Waals surface area contributed by atoms with Crippen LogP contribution in [0.15, 0.2) is 53.1 Å². The monoisotopic (exact) mass is 486 g/mol. The van der Waals surface area contributed by atoms with E-state index >= 15 is 0 Å². The molecule has 0 saturated heterocycles. The first-order chi connectivity index (χ1) is 16.4. The number of thioether (sulfide) groups is 1. The number of rotatable bonds is 11. The molecule has 0 radical (unpaired) electrons. The summed E-state index contributed by atoms with van der Waals surface area (Å²) >= 11 is 1.50. The Bertz CT molecular complexity index is 1170. The SMILES string of the molecule is COc1cccc(-c2noc(COC(=O)C(CCSC)NC(=O)c3cccc([N+](=O)[O-])c3)n2)c1. The van der Waals surface area contributed by atoms with Crippen molar-refractivity contribution in [3.63, 3.8) is 0 Å². The Labute approximate surface area is 199 Å². The summed E-state index contributed by atoms with van der Waals surface area (Å²) in [5, 5.41) is 17.4. The predicted octanol–water partition coefficient (Wildman–Crippen LogP) is 3.25. The minimum atomic E-state index is -0.958. The third kappa shape index (κ3) is 6.54. The highest BCUT2D eigenvalue weighted by Crippen LogP contribution is 2.21. The number of hydrogen-bond donors (Lipinski definition) is 1. The molecule has 0 spiro atoms. The summed E-state index contributed by atoms with van der Waals surface area (Å²) in [5.41, 5.74) is 0.512. The summed E-state index contributed by atoms with van der Waals surface area (Å²) in [6, 6.07) is 11.4. The van der Waals surface area contributed by atoms with Gasteiger partial charge in [0.1, 0.15) is 11.8 Å². The van der Waals surface area contributed by atoms with Gasteiger partial charge in [-0.2, -0.15) is 16.7 Å². The lowest BCUT2D eigenvalue weighted by Gasteiger charge is -2.16. The summed E-state index contributed by atoms with van der Waals surface area (Å²) in [6.45, 7) is -0.280. The summed E-state index contributed by atoms with van der Waals surface area (Å²) in [6.07, 6.45) is 2.17. The Balaban J connectivity index is 1.64. The van der Waals surface area contributed by atoms with Crippen LogP contribution in [0.3, 0.4) is 0 Å². The van der Waals surface area contributed by atoms with Crippen LogP contribution in [0.5, 0.6) is 5.75 Å². The van der Waals surface area contributed by atoms with E-state index < -0.39 is 22.8 Å². The molecular formula is C22H22N4O7S. The van der Waals surface area contributed by atoms with E-state index in [4.69, 9.17) is 14.0 Å². The first-order valence-corrected chi connectivity index (χ1v) is 11.5. The molecule has 1 atom stereocenters. The standard InChI is InChI=1S/C22H22N4O7S/c1-31-17-8-4-5-14(12-17)20-24-19(33-25-20)13-32-22(28)18(9-10-34-2)23-21(27)15-6-3-7-16(11-15)26(29)30/h3-8,11-12,18H,9-10,13H2,1-2H3,(H,23,27). The lowest BCUT2D eigenvalue weighted by atomic mass is 10.1. The average molecular weight is 487 g/mol. The van der Waals surface area contributed by atoms with E-state index in [1.54, 1.807) is 31.4 Å². The molecule has 1 aromatic heterocycles. The number of amides is 1. The van der Waals surface area contributed by atoms with Gasteiger partial charge in [0.2, 0.25) is 5.82 Å². The quantitative estimate of drug-likeness (QED) is 0.243. The number of ether oxygens (including phenoxy) is 2. The minimum absolute atomic E-state index is 0.0657. The lowest BCUT2D eigenvalue weighted by Crippen LogP contribution is -2.42. The molecule has 0 aliphatic carbocycles. The molecule has 0 saturated carbocycles. The van der Waals surface area contributed by atoms with Gasteiger partial charge in [0, 0.05) is 23.3 Å². The summed E-state index contributed by atoms with van der Waals surface area (Å²) in [4.78, 5) is 39.8. The number of nitro groups is 1. The summed E-state index contributed by atoms with van der Waals surface area (Å²) < 4.78 is 15.6. The van der Waals surface area contributed by atoms with Crippen LogP contribution in [-0.2, 0) is 16.1 Å². The topological polar surface area (TPSA) is 147 Å². The Hall–Kier alpha value is -3.93. The number of nitrogens with one attached hydrogen (secondary N) is 1. The van der Waals surface area contributed by atoms with Crippen molar-refractivity contribution in [2.75, 3.05) is 19.1 Å². The fourth-order valence-electron chi connectivity index (χ4n) is 2.91. The molecule has 3 rings (SSSR count). The second-order valence-electron chi connectivity index (χ2n) is 6.97. The van der Waals surface area contributed by atoms with E-state index in [-0.39, 0.29) is 23.7 Å². The molecular weight excluding hydrogens is 464 g/mol. The fraction of sp³-hybridized carbons (Fsp3) is 0.273. The van der Waals surface area contributed by atoms with Crippen LogP contribution < -0.4 is 10.1 Å². The van der Waals surface area contributed by atoms with E-state index in [2.05, 4.69) is 15.5 Å². The van der Waals surface area contributed by atoms with Gasteiger partial charge >= 0.3 is 5.97 Å². The van der Waals surface area contributed by atoms with E-state index in [0.717, 1.165) is 6.07 Å². The van der Waals surface area contributed by atoms with Crippen molar-refractivity contribution in [1.29, 1.82) is 0 Å². The molecule has 1 heterocycles. The van der Waals surface area contributed by atoms with Crippen LogP contribution in [-0.4, -0.2) is 52.1 Å². The van der Waals surface area contributed by atoms with Crippen molar-refractivity contribution in [2.24, 2.45) is 0 Å². The molecule has 1 amide bonds. The number of nitro benzene ring substituents is 1. The molecule has 1 unspecified atom stereocenters. The van der Waals surface area contributed by atoms with Crippen molar-refractivity contribution < 1.29 is 28.5 Å². The molecule has 0 aliphatic rings. The van der Waals surface area contributed by atoms with Crippen molar-refractivity contribution >= 4 is 29.3 Å². The number of methoxy groups -OCH3 is 1. The number of aromatic nitrogens is 2. The molecule has 0 fully saturated rings. The van der Waals surface area contributed by atoms with E-state index in [1.165, 1.54) is 30.0 Å². The van der Waals surface area contributed by atoms with Crippen molar-refractivity contribution in [1.82, 2.24) is 15.5 Å².